The number of hydrogen-bond acceptors (Lipinski definition) is 4. The molecule has 0 saturated carbocycles. The van der Waals surface area contributed by atoms with Crippen molar-refractivity contribution in [1.29, 1.82) is 0 Å². The van der Waals surface area contributed by atoms with Crippen molar-refractivity contribution in [3.05, 3.63) is 63.4 Å². The number of rotatable bonds is 5. The Bertz CT molecular complexity index is 1050. The summed E-state index contributed by atoms with van der Waals surface area (Å²) in [6, 6.07) is 7.90. The highest BCUT2D eigenvalue weighted by molar-refractivity contribution is 6.35. The van der Waals surface area contributed by atoms with Gasteiger partial charge in [0, 0.05) is 28.9 Å². The minimum absolute atomic E-state index is 0.208. The van der Waals surface area contributed by atoms with E-state index in [0.717, 1.165) is 16.8 Å². The summed E-state index contributed by atoms with van der Waals surface area (Å²) in [4.78, 5) is 14.0. The molecule has 1 N–H and O–H groups in total. The molecule has 3 rings (SSSR count). The van der Waals surface area contributed by atoms with E-state index in [9.17, 15) is 9.18 Å². The quantitative estimate of drug-likeness (QED) is 0.497. The smallest absolute Gasteiger partial charge is 0.277 e. The topological polar surface area (TPSA) is 53.9 Å². The summed E-state index contributed by atoms with van der Waals surface area (Å²) < 4.78 is 19.9. The number of allylic oxidation sites excluding steroid dienone is 1. The number of likely N-dealkylation sites (N-methyl/N-ethyl adjacent to an activating group) is 1. The van der Waals surface area contributed by atoms with Crippen LogP contribution in [0.15, 0.2) is 41.5 Å². The van der Waals surface area contributed by atoms with Crippen molar-refractivity contribution >= 4 is 46.6 Å². The van der Waals surface area contributed by atoms with Gasteiger partial charge >= 0.3 is 0 Å². The van der Waals surface area contributed by atoms with Crippen molar-refractivity contribution < 1.29 is 13.9 Å². The maximum absolute atomic E-state index is 14.6. The number of carbonyl (C=O) groups is 1. The molecule has 8 heteroatoms. The number of ether oxygens (including phenoxy) is 1. The van der Waals surface area contributed by atoms with Crippen molar-refractivity contribution in [3.8, 4) is 5.75 Å². The lowest BCUT2D eigenvalue weighted by Crippen LogP contribution is -2.42. The highest BCUT2D eigenvalue weighted by atomic mass is 35.5. The number of hydrazone groups is 1. The monoisotopic (exact) mass is 449 g/mol. The summed E-state index contributed by atoms with van der Waals surface area (Å²) in [7, 11) is 1.93. The van der Waals surface area contributed by atoms with Crippen molar-refractivity contribution in [2.75, 3.05) is 18.6 Å². The molecule has 5 nitrogen and oxygen atoms in total. The Hall–Kier alpha value is -2.57. The predicted octanol–water partition coefficient (Wildman–Crippen LogP) is 5.29. The van der Waals surface area contributed by atoms with E-state index in [1.807, 2.05) is 18.9 Å². The third kappa shape index (κ3) is 4.77. The van der Waals surface area contributed by atoms with Crippen LogP contribution in [-0.2, 0) is 4.79 Å². The predicted molar refractivity (Wildman–Crippen MR) is 120 cm³/mol. The molecule has 0 saturated heterocycles. The second-order valence-electron chi connectivity index (χ2n) is 7.59. The van der Waals surface area contributed by atoms with E-state index in [4.69, 9.17) is 27.9 Å². The van der Waals surface area contributed by atoms with Gasteiger partial charge in [-0.1, -0.05) is 29.3 Å². The van der Waals surface area contributed by atoms with Gasteiger partial charge in [0.2, 0.25) is 0 Å². The zero-order chi connectivity index (χ0) is 22.1. The molecule has 1 aliphatic rings. The van der Waals surface area contributed by atoms with Gasteiger partial charge < -0.3 is 9.64 Å². The molecule has 0 fully saturated rings. The summed E-state index contributed by atoms with van der Waals surface area (Å²) >= 11 is 11.8. The fourth-order valence-corrected chi connectivity index (χ4v) is 3.69. The van der Waals surface area contributed by atoms with Crippen LogP contribution in [0, 0.1) is 5.82 Å². The first-order valence-electron chi connectivity index (χ1n) is 9.25. The lowest BCUT2D eigenvalue weighted by molar-refractivity contribution is -0.123. The van der Waals surface area contributed by atoms with Gasteiger partial charge in [0.15, 0.2) is 6.61 Å². The van der Waals surface area contributed by atoms with Crippen LogP contribution in [0.4, 0.5) is 10.1 Å². The Balaban J connectivity index is 1.67. The molecule has 0 bridgehead atoms. The molecule has 1 amide bonds. The number of halogens is 3. The van der Waals surface area contributed by atoms with Crippen LogP contribution >= 0.6 is 23.2 Å². The maximum Gasteiger partial charge on any atom is 0.277 e. The summed E-state index contributed by atoms with van der Waals surface area (Å²) in [6.07, 6.45) is 3.41. The number of anilines is 1. The van der Waals surface area contributed by atoms with E-state index in [-0.39, 0.29) is 17.7 Å². The number of nitrogens with one attached hydrogen (secondary N) is 1. The molecule has 2 aromatic carbocycles. The minimum Gasteiger partial charge on any atom is -0.482 e. The van der Waals surface area contributed by atoms with E-state index in [0.29, 0.717) is 15.8 Å². The van der Waals surface area contributed by atoms with Crippen molar-refractivity contribution in [2.45, 2.75) is 26.3 Å². The Morgan fingerprint density at radius 2 is 2.03 bits per heavy atom. The Kier molecular flexibility index (Phi) is 6.38. The summed E-state index contributed by atoms with van der Waals surface area (Å²) in [5.74, 6) is -0.600. The molecule has 0 radical (unpaired) electrons. The highest BCUT2D eigenvalue weighted by Gasteiger charge is 2.29. The third-order valence-electron chi connectivity index (χ3n) is 4.98. The Morgan fingerprint density at radius 3 is 2.73 bits per heavy atom. The van der Waals surface area contributed by atoms with Gasteiger partial charge in [0.25, 0.3) is 5.91 Å². The normalized spacial score (nSPS) is 15.0. The van der Waals surface area contributed by atoms with Crippen LogP contribution in [0.1, 0.15) is 31.9 Å². The van der Waals surface area contributed by atoms with Gasteiger partial charge in [0.05, 0.1) is 16.8 Å². The van der Waals surface area contributed by atoms with Gasteiger partial charge in [-0.2, -0.15) is 5.10 Å². The van der Waals surface area contributed by atoms with Crippen LogP contribution in [0.3, 0.4) is 0 Å². The van der Waals surface area contributed by atoms with E-state index in [1.165, 1.54) is 18.3 Å². The van der Waals surface area contributed by atoms with Crippen LogP contribution in [0.25, 0.3) is 5.57 Å². The van der Waals surface area contributed by atoms with Crippen LogP contribution in [0.5, 0.6) is 5.75 Å². The molecule has 0 aromatic heterocycles. The van der Waals surface area contributed by atoms with Crippen LogP contribution < -0.4 is 15.1 Å². The Morgan fingerprint density at radius 1 is 1.30 bits per heavy atom. The first kappa shape index (κ1) is 22.1. The maximum atomic E-state index is 14.6. The molecule has 0 spiro atoms. The van der Waals surface area contributed by atoms with Gasteiger partial charge in [-0.15, -0.1) is 0 Å². The molecular weight excluding hydrogens is 428 g/mol. The zero-order valence-corrected chi connectivity index (χ0v) is 18.6. The van der Waals surface area contributed by atoms with Gasteiger partial charge in [-0.25, -0.2) is 9.82 Å². The fraction of sp³-hybridized carbons (Fsp3) is 0.273. The average Bonchev–Trinajstić information content (AvgIpc) is 2.66. The number of carbonyl (C=O) groups excluding carboxylic acids is 1. The number of benzene rings is 2. The van der Waals surface area contributed by atoms with E-state index in [2.05, 4.69) is 30.5 Å². The fourth-order valence-electron chi connectivity index (χ4n) is 3.23. The summed E-state index contributed by atoms with van der Waals surface area (Å²) in [6.45, 7) is 5.84. The molecule has 158 valence electrons. The summed E-state index contributed by atoms with van der Waals surface area (Å²) in [5, 5.41) is 4.60. The third-order valence-corrected chi connectivity index (χ3v) is 5.51. The molecule has 0 atom stereocenters. The van der Waals surface area contributed by atoms with Crippen LogP contribution in [-0.4, -0.2) is 31.3 Å². The highest BCUT2D eigenvalue weighted by Crippen LogP contribution is 2.38. The van der Waals surface area contributed by atoms with Crippen molar-refractivity contribution in [1.82, 2.24) is 5.43 Å². The molecular formula is C22H22Cl2FN3O2. The Labute approximate surface area is 185 Å². The number of hydrogen-bond donors (Lipinski definition) is 1. The number of nitrogens with zero attached hydrogens (tertiary/aromatic N) is 2. The molecule has 30 heavy (non-hydrogen) atoms. The molecule has 1 heterocycles. The first-order valence-corrected chi connectivity index (χ1v) is 10.0. The molecule has 1 aliphatic heterocycles. The average molecular weight is 450 g/mol. The molecule has 0 aliphatic carbocycles. The van der Waals surface area contributed by atoms with Crippen LogP contribution in [0.2, 0.25) is 10.0 Å². The first-order chi connectivity index (χ1) is 14.1. The van der Waals surface area contributed by atoms with E-state index in [1.54, 1.807) is 18.2 Å². The lowest BCUT2D eigenvalue weighted by atomic mass is 9.88. The molecule has 0 unspecified atom stereocenters. The van der Waals surface area contributed by atoms with E-state index >= 15 is 0 Å². The van der Waals surface area contributed by atoms with Gasteiger partial charge in [-0.05, 0) is 56.7 Å². The SMILES string of the molecule is CC1=CC(C)(C)N(C)c2cc(F)c(/C=N/NC(=O)COc3ccc(Cl)cc3Cl)cc21. The second-order valence-corrected chi connectivity index (χ2v) is 8.43. The second kappa shape index (κ2) is 8.66. The summed E-state index contributed by atoms with van der Waals surface area (Å²) in [5.41, 5.74) is 5.17. The standard InChI is InChI=1S/C22H22Cl2FN3O2/c1-13-10-22(2,3)28(4)19-9-18(25)14(7-16(13)19)11-26-27-21(29)12-30-20-6-5-15(23)8-17(20)24/h5-11H,12H2,1-4H3,(H,27,29)/b26-11+. The number of amides is 1. The minimum atomic E-state index is -0.506. The number of fused-ring (bicyclic) bond motifs is 1. The van der Waals surface area contributed by atoms with E-state index < -0.39 is 11.7 Å². The largest absolute Gasteiger partial charge is 0.482 e. The molecule has 2 aromatic rings. The van der Waals surface area contributed by atoms with Crippen molar-refractivity contribution in [2.24, 2.45) is 5.10 Å². The van der Waals surface area contributed by atoms with Crippen molar-refractivity contribution in [3.63, 3.8) is 0 Å². The zero-order valence-electron chi connectivity index (χ0n) is 17.1. The van der Waals surface area contributed by atoms with Gasteiger partial charge in [-0.3, -0.25) is 4.79 Å². The lowest BCUT2D eigenvalue weighted by Gasteiger charge is -2.40. The van der Waals surface area contributed by atoms with Gasteiger partial charge in [0.1, 0.15) is 11.6 Å².